The van der Waals surface area contributed by atoms with E-state index in [-0.39, 0.29) is 6.42 Å². The van der Waals surface area contributed by atoms with Crippen molar-refractivity contribution in [2.24, 2.45) is 0 Å². The van der Waals surface area contributed by atoms with Crippen LogP contribution in [0.2, 0.25) is 5.02 Å². The number of fused-ring (bicyclic) bond motifs is 3. The van der Waals surface area contributed by atoms with Gasteiger partial charge in [-0.2, -0.15) is 0 Å². The summed E-state index contributed by atoms with van der Waals surface area (Å²) in [5.74, 6) is 1.52. The Morgan fingerprint density at radius 2 is 2.23 bits per heavy atom. The normalized spacial score (nSPS) is 17.0. The van der Waals surface area contributed by atoms with Crippen molar-refractivity contribution < 1.29 is 14.6 Å². The van der Waals surface area contributed by atoms with Gasteiger partial charge in [-0.3, -0.25) is 4.79 Å². The van der Waals surface area contributed by atoms with Crippen LogP contribution in [0.3, 0.4) is 0 Å². The molecular formula is C23H26ClN3O3S. The molecule has 8 heteroatoms. The number of carboxylic acids is 1. The van der Waals surface area contributed by atoms with Gasteiger partial charge in [0, 0.05) is 24.6 Å². The van der Waals surface area contributed by atoms with Gasteiger partial charge in [0.1, 0.15) is 17.4 Å². The number of carboxylic acid groups (broad SMARTS) is 1. The number of carbonyl (C=O) groups is 1. The number of allylic oxidation sites excluding steroid dienone is 1. The molecule has 0 amide bonds. The van der Waals surface area contributed by atoms with E-state index in [1.165, 1.54) is 12.0 Å². The molecule has 0 radical (unpaired) electrons. The monoisotopic (exact) mass is 459 g/mol. The number of hydrogen-bond donors (Lipinski definition) is 2. The second-order valence-electron chi connectivity index (χ2n) is 7.79. The SMILES string of the molecule is COc1ccc(CNc2nc(CCCCC(=O)O)nc3c2SC2CCCC=C32)cc1Cl. The molecule has 1 aromatic carbocycles. The van der Waals surface area contributed by atoms with Crippen LogP contribution < -0.4 is 10.1 Å². The van der Waals surface area contributed by atoms with Crippen LogP contribution in [-0.2, 0) is 17.8 Å². The van der Waals surface area contributed by atoms with Crippen molar-refractivity contribution in [1.29, 1.82) is 0 Å². The molecule has 31 heavy (non-hydrogen) atoms. The van der Waals surface area contributed by atoms with Crippen LogP contribution in [0, 0.1) is 0 Å². The fourth-order valence-corrected chi connectivity index (χ4v) is 5.65. The van der Waals surface area contributed by atoms with E-state index in [1.807, 2.05) is 30.0 Å². The minimum Gasteiger partial charge on any atom is -0.495 e. The van der Waals surface area contributed by atoms with Gasteiger partial charge in [-0.05, 0) is 55.4 Å². The van der Waals surface area contributed by atoms with Gasteiger partial charge < -0.3 is 15.2 Å². The summed E-state index contributed by atoms with van der Waals surface area (Å²) >= 11 is 8.13. The van der Waals surface area contributed by atoms with Crippen molar-refractivity contribution in [3.05, 3.63) is 46.4 Å². The molecule has 1 aliphatic heterocycles. The summed E-state index contributed by atoms with van der Waals surface area (Å²) in [6.45, 7) is 0.593. The zero-order valence-corrected chi connectivity index (χ0v) is 19.1. The number of halogens is 1. The van der Waals surface area contributed by atoms with Gasteiger partial charge in [-0.15, -0.1) is 11.8 Å². The van der Waals surface area contributed by atoms with Crippen LogP contribution in [-0.4, -0.2) is 33.4 Å². The van der Waals surface area contributed by atoms with Gasteiger partial charge in [-0.1, -0.05) is 23.7 Å². The number of unbranched alkanes of at least 4 members (excludes halogenated alkanes) is 1. The molecule has 2 aliphatic rings. The number of nitrogens with zero attached hydrogens (tertiary/aromatic N) is 2. The van der Waals surface area contributed by atoms with E-state index in [9.17, 15) is 4.79 Å². The van der Waals surface area contributed by atoms with Crippen LogP contribution in [0.15, 0.2) is 29.2 Å². The number of thioether (sulfide) groups is 1. The third-order valence-electron chi connectivity index (χ3n) is 5.54. The standard InChI is InChI=1S/C23H26ClN3O3S/c1-30-17-11-10-14(12-16(17)24)13-25-23-22-21(15-6-2-3-7-18(15)31-22)26-19(27-23)8-4-5-9-20(28)29/h6,10-12,18H,2-5,7-9,13H2,1H3,(H,28,29)(H,25,26,27). The lowest BCUT2D eigenvalue weighted by Crippen LogP contribution is -2.09. The second-order valence-corrected chi connectivity index (χ2v) is 9.41. The van der Waals surface area contributed by atoms with E-state index < -0.39 is 5.97 Å². The average Bonchev–Trinajstić information content (AvgIpc) is 3.14. The Kier molecular flexibility index (Phi) is 7.02. The maximum atomic E-state index is 10.8. The van der Waals surface area contributed by atoms with Crippen LogP contribution in [0.25, 0.3) is 5.57 Å². The first-order valence-electron chi connectivity index (χ1n) is 10.6. The third-order valence-corrected chi connectivity index (χ3v) is 7.24. The predicted octanol–water partition coefficient (Wildman–Crippen LogP) is 5.59. The Morgan fingerprint density at radius 3 is 3.00 bits per heavy atom. The van der Waals surface area contributed by atoms with E-state index in [2.05, 4.69) is 11.4 Å². The predicted molar refractivity (Wildman–Crippen MR) is 124 cm³/mol. The summed E-state index contributed by atoms with van der Waals surface area (Å²) in [6.07, 6.45) is 8.02. The Morgan fingerprint density at radius 1 is 1.35 bits per heavy atom. The van der Waals surface area contributed by atoms with Crippen molar-refractivity contribution in [1.82, 2.24) is 9.97 Å². The molecule has 4 rings (SSSR count). The van der Waals surface area contributed by atoms with Gasteiger partial charge >= 0.3 is 5.97 Å². The summed E-state index contributed by atoms with van der Waals surface area (Å²) in [6, 6.07) is 5.75. The zero-order chi connectivity index (χ0) is 21.8. The molecule has 164 valence electrons. The second kappa shape index (κ2) is 9.92. The molecule has 1 atom stereocenters. The third kappa shape index (κ3) is 5.15. The molecule has 1 unspecified atom stereocenters. The number of anilines is 1. The molecule has 6 nitrogen and oxygen atoms in total. The lowest BCUT2D eigenvalue weighted by atomic mass is 9.96. The highest BCUT2D eigenvalue weighted by atomic mass is 35.5. The fraction of sp³-hybridized carbons (Fsp3) is 0.435. The number of hydrogen-bond acceptors (Lipinski definition) is 6. The average molecular weight is 460 g/mol. The van der Waals surface area contributed by atoms with Crippen LogP contribution in [0.5, 0.6) is 5.75 Å². The number of aryl methyl sites for hydroxylation is 1. The molecule has 2 heterocycles. The van der Waals surface area contributed by atoms with Crippen molar-refractivity contribution in [2.75, 3.05) is 12.4 Å². The zero-order valence-electron chi connectivity index (χ0n) is 17.5. The highest BCUT2D eigenvalue weighted by Crippen LogP contribution is 2.50. The smallest absolute Gasteiger partial charge is 0.303 e. The summed E-state index contributed by atoms with van der Waals surface area (Å²) in [4.78, 5) is 21.6. The van der Waals surface area contributed by atoms with Gasteiger partial charge in [0.15, 0.2) is 0 Å². The van der Waals surface area contributed by atoms with Gasteiger partial charge in [0.05, 0.1) is 22.7 Å². The molecule has 0 spiro atoms. The first-order valence-corrected chi connectivity index (χ1v) is 11.9. The Balaban J connectivity index is 1.55. The molecule has 1 aromatic heterocycles. The largest absolute Gasteiger partial charge is 0.495 e. The number of nitrogens with one attached hydrogen (secondary N) is 1. The van der Waals surface area contributed by atoms with Crippen molar-refractivity contribution >= 4 is 40.7 Å². The van der Waals surface area contributed by atoms with Crippen molar-refractivity contribution in [3.8, 4) is 5.75 Å². The van der Waals surface area contributed by atoms with E-state index in [4.69, 9.17) is 31.4 Å². The molecule has 0 saturated carbocycles. The first-order chi connectivity index (χ1) is 15.0. The topological polar surface area (TPSA) is 84.3 Å². The first kappa shape index (κ1) is 22.0. The summed E-state index contributed by atoms with van der Waals surface area (Å²) in [7, 11) is 1.60. The minimum atomic E-state index is -0.762. The highest BCUT2D eigenvalue weighted by Gasteiger charge is 2.33. The molecule has 2 N–H and O–H groups in total. The molecule has 2 aromatic rings. The van der Waals surface area contributed by atoms with Crippen molar-refractivity contribution in [3.63, 3.8) is 0 Å². The lowest BCUT2D eigenvalue weighted by Gasteiger charge is -2.15. The number of rotatable bonds is 9. The van der Waals surface area contributed by atoms with Crippen molar-refractivity contribution in [2.45, 2.75) is 61.6 Å². The maximum Gasteiger partial charge on any atom is 0.303 e. The van der Waals surface area contributed by atoms with Crippen LogP contribution in [0.4, 0.5) is 5.82 Å². The maximum absolute atomic E-state index is 10.8. The summed E-state index contributed by atoms with van der Waals surface area (Å²) in [5, 5.41) is 13.4. The number of ether oxygens (including phenoxy) is 1. The lowest BCUT2D eigenvalue weighted by molar-refractivity contribution is -0.137. The van der Waals surface area contributed by atoms with E-state index in [1.54, 1.807) is 7.11 Å². The van der Waals surface area contributed by atoms with E-state index in [0.717, 1.165) is 47.1 Å². The Labute approximate surface area is 191 Å². The Bertz CT molecular complexity index is 1010. The number of aromatic nitrogens is 2. The highest BCUT2D eigenvalue weighted by molar-refractivity contribution is 8.01. The molecular weight excluding hydrogens is 434 g/mol. The van der Waals surface area contributed by atoms with Crippen LogP contribution >= 0.6 is 23.4 Å². The fourth-order valence-electron chi connectivity index (χ4n) is 3.96. The molecule has 0 bridgehead atoms. The van der Waals surface area contributed by atoms with E-state index >= 15 is 0 Å². The summed E-state index contributed by atoms with van der Waals surface area (Å²) < 4.78 is 5.24. The summed E-state index contributed by atoms with van der Waals surface area (Å²) in [5.41, 5.74) is 3.42. The minimum absolute atomic E-state index is 0.178. The Hall–Kier alpha value is -2.25. The van der Waals surface area contributed by atoms with Gasteiger partial charge in [0.25, 0.3) is 0 Å². The van der Waals surface area contributed by atoms with E-state index in [0.29, 0.717) is 35.4 Å². The number of methoxy groups -OCH3 is 1. The van der Waals surface area contributed by atoms with Gasteiger partial charge in [-0.25, -0.2) is 9.97 Å². The number of aliphatic carboxylic acids is 1. The molecule has 0 saturated heterocycles. The molecule has 0 fully saturated rings. The number of benzene rings is 1. The van der Waals surface area contributed by atoms with Crippen LogP contribution in [0.1, 0.15) is 55.6 Å². The van der Waals surface area contributed by atoms with Gasteiger partial charge in [0.2, 0.25) is 0 Å². The molecule has 1 aliphatic carbocycles. The quantitative estimate of drug-likeness (QED) is 0.473.